The Balaban J connectivity index is 4.24. The molecule has 0 radical (unpaired) electrons. The minimum Gasteiger partial charge on any atom is -0.481 e. The number of rotatable bonds is 3. The van der Waals surface area contributed by atoms with E-state index < -0.39 is 5.97 Å². The minimum absolute atomic E-state index is 0.137. The molecule has 0 heterocycles. The van der Waals surface area contributed by atoms with E-state index in [0.717, 1.165) is 5.57 Å². The third-order valence-corrected chi connectivity index (χ3v) is 2.31. The first-order valence-electron chi connectivity index (χ1n) is 3.86. The second-order valence-electron chi connectivity index (χ2n) is 2.95. The van der Waals surface area contributed by atoms with Crippen molar-refractivity contribution in [3.8, 4) is 0 Å². The van der Waals surface area contributed by atoms with Gasteiger partial charge >= 0.3 is 5.97 Å². The molecule has 0 rings (SSSR count). The Hall–Kier alpha value is -0.790. The van der Waals surface area contributed by atoms with Gasteiger partial charge in [0.25, 0.3) is 0 Å². The van der Waals surface area contributed by atoms with Crippen LogP contribution in [0, 0.1) is 11.8 Å². The molecule has 0 aliphatic carbocycles. The van der Waals surface area contributed by atoms with Crippen LogP contribution in [0.25, 0.3) is 0 Å². The van der Waals surface area contributed by atoms with Crippen molar-refractivity contribution in [2.75, 3.05) is 0 Å². The monoisotopic (exact) mass is 156 g/mol. The Morgan fingerprint density at radius 2 is 1.82 bits per heavy atom. The van der Waals surface area contributed by atoms with E-state index in [1.54, 1.807) is 6.92 Å². The maximum Gasteiger partial charge on any atom is 0.306 e. The fourth-order valence-electron chi connectivity index (χ4n) is 0.871. The fourth-order valence-corrected chi connectivity index (χ4v) is 0.871. The Kier molecular flexibility index (Phi) is 3.86. The molecule has 0 saturated heterocycles. The molecule has 2 heteroatoms. The van der Waals surface area contributed by atoms with Crippen LogP contribution in [0.2, 0.25) is 0 Å². The van der Waals surface area contributed by atoms with Crippen LogP contribution in [0.5, 0.6) is 0 Å². The molecule has 0 aliphatic heterocycles. The highest BCUT2D eigenvalue weighted by Crippen LogP contribution is 2.19. The van der Waals surface area contributed by atoms with Gasteiger partial charge in [-0.2, -0.15) is 0 Å². The highest BCUT2D eigenvalue weighted by Gasteiger charge is 2.19. The van der Waals surface area contributed by atoms with Crippen LogP contribution in [0.1, 0.15) is 27.7 Å². The Morgan fingerprint density at radius 3 is 2.09 bits per heavy atom. The molecule has 0 fully saturated rings. The standard InChI is InChI=1S/C9H16O2/c1-5-6(2)7(3)8(4)9(10)11/h5,7-8H,1-4H3,(H,10,11)/b6-5-. The first-order chi connectivity index (χ1) is 5.00. The van der Waals surface area contributed by atoms with Gasteiger partial charge < -0.3 is 5.11 Å². The number of carboxylic acids is 1. The third kappa shape index (κ3) is 2.74. The Labute approximate surface area is 67.9 Å². The summed E-state index contributed by atoms with van der Waals surface area (Å²) in [7, 11) is 0. The van der Waals surface area contributed by atoms with E-state index in [9.17, 15) is 4.79 Å². The molecule has 2 nitrogen and oxygen atoms in total. The summed E-state index contributed by atoms with van der Waals surface area (Å²) in [5.41, 5.74) is 1.14. The van der Waals surface area contributed by atoms with Gasteiger partial charge in [0.15, 0.2) is 0 Å². The van der Waals surface area contributed by atoms with Crippen molar-refractivity contribution in [1.29, 1.82) is 0 Å². The van der Waals surface area contributed by atoms with Gasteiger partial charge in [-0.25, -0.2) is 0 Å². The predicted molar refractivity (Wildman–Crippen MR) is 45.4 cm³/mol. The number of carbonyl (C=O) groups is 1. The van der Waals surface area contributed by atoms with Gasteiger partial charge in [0.05, 0.1) is 5.92 Å². The van der Waals surface area contributed by atoms with Crippen LogP contribution < -0.4 is 0 Å². The average Bonchev–Trinajstić information content (AvgIpc) is 2.00. The van der Waals surface area contributed by atoms with E-state index in [-0.39, 0.29) is 11.8 Å². The minimum atomic E-state index is -0.723. The van der Waals surface area contributed by atoms with Gasteiger partial charge in [-0.15, -0.1) is 0 Å². The van der Waals surface area contributed by atoms with E-state index in [1.165, 1.54) is 0 Å². The number of carboxylic acid groups (broad SMARTS) is 1. The summed E-state index contributed by atoms with van der Waals surface area (Å²) in [4.78, 5) is 10.5. The predicted octanol–water partition coefficient (Wildman–Crippen LogP) is 2.31. The second kappa shape index (κ2) is 4.16. The lowest BCUT2D eigenvalue weighted by atomic mass is 9.89. The zero-order valence-corrected chi connectivity index (χ0v) is 7.59. The van der Waals surface area contributed by atoms with Crippen LogP contribution in [-0.2, 0) is 4.79 Å². The van der Waals surface area contributed by atoms with Crippen molar-refractivity contribution < 1.29 is 9.90 Å². The Morgan fingerprint density at radius 1 is 1.36 bits per heavy atom. The van der Waals surface area contributed by atoms with Gasteiger partial charge in [-0.1, -0.05) is 25.5 Å². The number of hydrogen-bond donors (Lipinski definition) is 1. The topological polar surface area (TPSA) is 37.3 Å². The lowest BCUT2D eigenvalue weighted by Crippen LogP contribution is -2.18. The van der Waals surface area contributed by atoms with Crippen molar-refractivity contribution >= 4 is 5.97 Å². The van der Waals surface area contributed by atoms with E-state index in [0.29, 0.717) is 0 Å². The number of aliphatic carboxylic acids is 1. The highest BCUT2D eigenvalue weighted by molar-refractivity contribution is 5.70. The van der Waals surface area contributed by atoms with Gasteiger partial charge in [-0.05, 0) is 19.8 Å². The van der Waals surface area contributed by atoms with Gasteiger partial charge in [-0.3, -0.25) is 4.79 Å². The molecule has 11 heavy (non-hydrogen) atoms. The summed E-state index contributed by atoms with van der Waals surface area (Å²) in [5.74, 6) is -0.873. The zero-order valence-electron chi connectivity index (χ0n) is 7.59. The van der Waals surface area contributed by atoms with Crippen LogP contribution in [0.3, 0.4) is 0 Å². The van der Waals surface area contributed by atoms with E-state index >= 15 is 0 Å². The summed E-state index contributed by atoms with van der Waals surface area (Å²) in [6.07, 6.45) is 1.96. The summed E-state index contributed by atoms with van der Waals surface area (Å²) in [6.45, 7) is 7.57. The van der Waals surface area contributed by atoms with Crippen molar-refractivity contribution in [3.05, 3.63) is 11.6 Å². The van der Waals surface area contributed by atoms with Gasteiger partial charge in [0.2, 0.25) is 0 Å². The molecule has 64 valence electrons. The Bertz CT molecular complexity index is 170. The van der Waals surface area contributed by atoms with Crippen LogP contribution in [-0.4, -0.2) is 11.1 Å². The van der Waals surface area contributed by atoms with Gasteiger partial charge in [0, 0.05) is 0 Å². The lowest BCUT2D eigenvalue weighted by molar-refractivity contribution is -0.142. The fraction of sp³-hybridized carbons (Fsp3) is 0.667. The van der Waals surface area contributed by atoms with Crippen molar-refractivity contribution in [3.63, 3.8) is 0 Å². The quantitative estimate of drug-likeness (QED) is 0.636. The molecular formula is C9H16O2. The smallest absolute Gasteiger partial charge is 0.306 e. The largest absolute Gasteiger partial charge is 0.481 e. The summed E-state index contributed by atoms with van der Waals surface area (Å²) in [5, 5.41) is 8.67. The number of allylic oxidation sites excluding steroid dienone is 2. The maximum absolute atomic E-state index is 10.5. The molecule has 0 aromatic heterocycles. The molecule has 0 aromatic rings. The van der Waals surface area contributed by atoms with E-state index in [4.69, 9.17) is 5.11 Å². The molecular weight excluding hydrogens is 140 g/mol. The molecule has 2 atom stereocenters. The van der Waals surface area contributed by atoms with Crippen LogP contribution in [0.15, 0.2) is 11.6 Å². The van der Waals surface area contributed by atoms with Gasteiger partial charge in [0.1, 0.15) is 0 Å². The number of hydrogen-bond acceptors (Lipinski definition) is 1. The SMILES string of the molecule is C/C=C(/C)C(C)C(C)C(=O)O. The highest BCUT2D eigenvalue weighted by atomic mass is 16.4. The van der Waals surface area contributed by atoms with E-state index in [2.05, 4.69) is 0 Å². The maximum atomic E-state index is 10.5. The molecule has 2 unspecified atom stereocenters. The normalized spacial score (nSPS) is 17.6. The van der Waals surface area contributed by atoms with Crippen molar-refractivity contribution in [2.24, 2.45) is 11.8 Å². The summed E-state index contributed by atoms with van der Waals surface area (Å²) < 4.78 is 0. The lowest BCUT2D eigenvalue weighted by Gasteiger charge is -2.15. The third-order valence-electron chi connectivity index (χ3n) is 2.31. The average molecular weight is 156 g/mol. The molecule has 0 spiro atoms. The van der Waals surface area contributed by atoms with Crippen molar-refractivity contribution in [1.82, 2.24) is 0 Å². The molecule has 0 aromatic carbocycles. The van der Waals surface area contributed by atoms with Crippen molar-refractivity contribution in [2.45, 2.75) is 27.7 Å². The summed E-state index contributed by atoms with van der Waals surface area (Å²) >= 11 is 0. The van der Waals surface area contributed by atoms with Crippen LogP contribution >= 0.6 is 0 Å². The molecule has 0 amide bonds. The molecule has 0 aliphatic rings. The zero-order chi connectivity index (χ0) is 9.02. The second-order valence-corrected chi connectivity index (χ2v) is 2.95. The molecule has 1 N–H and O–H groups in total. The molecule has 0 bridgehead atoms. The van der Waals surface area contributed by atoms with Crippen LogP contribution in [0.4, 0.5) is 0 Å². The first kappa shape index (κ1) is 10.2. The van der Waals surface area contributed by atoms with E-state index in [1.807, 2.05) is 26.8 Å². The summed E-state index contributed by atoms with van der Waals surface area (Å²) in [6, 6.07) is 0. The first-order valence-corrected chi connectivity index (χ1v) is 3.86. The molecule has 0 saturated carbocycles.